The summed E-state index contributed by atoms with van der Waals surface area (Å²) in [4.78, 5) is 14.1. The average Bonchev–Trinajstić information content (AvgIpc) is 3.09. The predicted molar refractivity (Wildman–Crippen MR) is 73.6 cm³/mol. The number of ether oxygens (including phenoxy) is 1. The van der Waals surface area contributed by atoms with E-state index in [9.17, 15) is 4.79 Å². The molecule has 2 aliphatic rings. The van der Waals surface area contributed by atoms with Gasteiger partial charge in [0.1, 0.15) is 18.4 Å². The highest BCUT2D eigenvalue weighted by Crippen LogP contribution is 2.17. The highest BCUT2D eigenvalue weighted by Gasteiger charge is 2.34. The quantitative estimate of drug-likeness (QED) is 0.789. The Hall–Kier alpha value is -1.82. The molecule has 108 valence electrons. The fourth-order valence-corrected chi connectivity index (χ4v) is 2.65. The van der Waals surface area contributed by atoms with Gasteiger partial charge in [0.05, 0.1) is 12.5 Å². The van der Waals surface area contributed by atoms with Crippen LogP contribution in [0, 0.1) is 0 Å². The molecule has 3 heterocycles. The summed E-state index contributed by atoms with van der Waals surface area (Å²) in [6.07, 6.45) is 6.52. The van der Waals surface area contributed by atoms with E-state index in [0.717, 1.165) is 19.6 Å². The number of rotatable bonds is 4. The molecule has 0 aliphatic carbocycles. The topological polar surface area (TPSA) is 58.3 Å². The number of likely N-dealkylation sites (tertiary alicyclic amines) is 1. The van der Waals surface area contributed by atoms with Gasteiger partial charge >= 0.3 is 6.09 Å². The van der Waals surface area contributed by atoms with E-state index in [1.165, 1.54) is 24.3 Å². The van der Waals surface area contributed by atoms with Crippen molar-refractivity contribution in [1.82, 2.24) is 9.91 Å². The van der Waals surface area contributed by atoms with Crippen LogP contribution in [0.4, 0.5) is 4.79 Å². The van der Waals surface area contributed by atoms with E-state index in [0.29, 0.717) is 12.4 Å². The second-order valence-electron chi connectivity index (χ2n) is 5.20. The minimum Gasteiger partial charge on any atom is -0.463 e. The van der Waals surface area contributed by atoms with Crippen LogP contribution in [0.1, 0.15) is 25.0 Å². The van der Waals surface area contributed by atoms with Crippen LogP contribution in [0.2, 0.25) is 0 Å². The van der Waals surface area contributed by atoms with Gasteiger partial charge in [-0.25, -0.2) is 4.79 Å². The van der Waals surface area contributed by atoms with Gasteiger partial charge in [0.15, 0.2) is 0 Å². The van der Waals surface area contributed by atoms with E-state index in [1.54, 1.807) is 24.6 Å². The molecule has 2 fully saturated rings. The fourth-order valence-electron chi connectivity index (χ4n) is 2.65. The van der Waals surface area contributed by atoms with Crippen LogP contribution < -0.4 is 0 Å². The summed E-state index contributed by atoms with van der Waals surface area (Å²) in [6, 6.07) is 3.58. The first kappa shape index (κ1) is 13.2. The van der Waals surface area contributed by atoms with Crippen molar-refractivity contribution in [3.8, 4) is 0 Å². The molecule has 20 heavy (non-hydrogen) atoms. The number of hydrogen-bond acceptors (Lipinski definition) is 5. The van der Waals surface area contributed by atoms with Crippen LogP contribution >= 0.6 is 0 Å². The van der Waals surface area contributed by atoms with Crippen molar-refractivity contribution in [2.45, 2.75) is 25.3 Å². The predicted octanol–water partition coefficient (Wildman–Crippen LogP) is 1.92. The smallest absolute Gasteiger partial charge is 0.430 e. The number of hydrogen-bond donors (Lipinski definition) is 0. The Bertz CT molecular complexity index is 466. The van der Waals surface area contributed by atoms with Crippen molar-refractivity contribution >= 4 is 12.3 Å². The minimum atomic E-state index is -0.380. The van der Waals surface area contributed by atoms with Gasteiger partial charge in [-0.15, -0.1) is 0 Å². The Balaban J connectivity index is 1.62. The number of carbonyl (C=O) groups excluding carboxylic acids is 1. The van der Waals surface area contributed by atoms with Gasteiger partial charge in [0.2, 0.25) is 0 Å². The second kappa shape index (κ2) is 6.09. The van der Waals surface area contributed by atoms with Crippen molar-refractivity contribution in [3.05, 3.63) is 24.2 Å². The summed E-state index contributed by atoms with van der Waals surface area (Å²) < 4.78 is 10.3. The summed E-state index contributed by atoms with van der Waals surface area (Å²) in [6.45, 7) is 3.42. The van der Waals surface area contributed by atoms with Crippen LogP contribution in [0.5, 0.6) is 0 Å². The molecule has 1 aromatic rings. The summed E-state index contributed by atoms with van der Waals surface area (Å²) >= 11 is 0. The molecule has 0 spiro atoms. The number of nitrogens with zero attached hydrogens (tertiary/aromatic N) is 3. The van der Waals surface area contributed by atoms with Crippen molar-refractivity contribution < 1.29 is 13.9 Å². The third-order valence-electron chi connectivity index (χ3n) is 3.70. The van der Waals surface area contributed by atoms with E-state index >= 15 is 0 Å². The molecular formula is C14H19N3O3. The molecule has 6 heteroatoms. The molecule has 0 bridgehead atoms. The molecule has 0 radical (unpaired) electrons. The molecule has 0 N–H and O–H groups in total. The Morgan fingerprint density at radius 3 is 2.95 bits per heavy atom. The number of piperidine rings is 1. The third-order valence-corrected chi connectivity index (χ3v) is 3.70. The first-order chi connectivity index (χ1) is 9.83. The summed E-state index contributed by atoms with van der Waals surface area (Å²) in [5.41, 5.74) is 0. The maximum atomic E-state index is 11.7. The van der Waals surface area contributed by atoms with Gasteiger partial charge in [-0.05, 0) is 38.1 Å². The lowest BCUT2D eigenvalue weighted by molar-refractivity contribution is 0.155. The molecule has 1 amide bonds. The van der Waals surface area contributed by atoms with Crippen molar-refractivity contribution in [1.29, 1.82) is 0 Å². The highest BCUT2D eigenvalue weighted by molar-refractivity contribution is 5.78. The van der Waals surface area contributed by atoms with Gasteiger partial charge in [-0.2, -0.15) is 10.1 Å². The van der Waals surface area contributed by atoms with Crippen LogP contribution in [0.3, 0.4) is 0 Å². The molecule has 0 saturated carbocycles. The first-order valence-electron chi connectivity index (χ1n) is 7.09. The first-order valence-corrected chi connectivity index (χ1v) is 7.09. The van der Waals surface area contributed by atoms with Gasteiger partial charge in [0.25, 0.3) is 0 Å². The molecule has 2 aliphatic heterocycles. The van der Waals surface area contributed by atoms with Gasteiger partial charge in [0, 0.05) is 6.54 Å². The standard InChI is InChI=1S/C14H19N3O3/c18-14-17(15-9-13-5-4-8-19-13)12(11-20-14)10-16-6-2-1-3-7-16/h4-5,8-9,12H,1-3,6-7,10-11H2/b15-9+. The third kappa shape index (κ3) is 3.01. The number of furan rings is 1. The normalized spacial score (nSPS) is 24.5. The summed E-state index contributed by atoms with van der Waals surface area (Å²) in [7, 11) is 0. The summed E-state index contributed by atoms with van der Waals surface area (Å²) in [5, 5.41) is 5.63. The second-order valence-corrected chi connectivity index (χ2v) is 5.20. The van der Waals surface area contributed by atoms with E-state index in [1.807, 2.05) is 0 Å². The monoisotopic (exact) mass is 277 g/mol. The number of amides is 1. The Labute approximate surface area is 118 Å². The number of cyclic esters (lactones) is 1. The average molecular weight is 277 g/mol. The zero-order chi connectivity index (χ0) is 13.8. The summed E-state index contributed by atoms with van der Waals surface area (Å²) in [5.74, 6) is 0.626. The van der Waals surface area contributed by atoms with Crippen LogP contribution in [-0.4, -0.2) is 54.5 Å². The fraction of sp³-hybridized carbons (Fsp3) is 0.571. The lowest BCUT2D eigenvalue weighted by Gasteiger charge is -2.29. The molecule has 0 aromatic carbocycles. The minimum absolute atomic E-state index is 0.00758. The largest absolute Gasteiger partial charge is 0.463 e. The molecule has 1 aromatic heterocycles. The highest BCUT2D eigenvalue weighted by atomic mass is 16.6. The lowest BCUT2D eigenvalue weighted by atomic mass is 10.1. The van der Waals surface area contributed by atoms with E-state index in [-0.39, 0.29) is 12.1 Å². The number of hydrazone groups is 1. The SMILES string of the molecule is O=C1OCC(CN2CCCCC2)N1/N=C/c1ccco1. The number of carbonyl (C=O) groups is 1. The Kier molecular flexibility index (Phi) is 4.01. The van der Waals surface area contributed by atoms with E-state index in [2.05, 4.69) is 10.0 Å². The molecule has 2 saturated heterocycles. The molecule has 1 atom stereocenters. The van der Waals surface area contributed by atoms with E-state index < -0.39 is 0 Å². The van der Waals surface area contributed by atoms with Gasteiger partial charge in [-0.1, -0.05) is 6.42 Å². The molecule has 3 rings (SSSR count). The Morgan fingerprint density at radius 1 is 1.35 bits per heavy atom. The van der Waals surface area contributed by atoms with Crippen LogP contribution in [-0.2, 0) is 4.74 Å². The lowest BCUT2D eigenvalue weighted by Crippen LogP contribution is -2.42. The van der Waals surface area contributed by atoms with Crippen LogP contribution in [0.15, 0.2) is 27.9 Å². The van der Waals surface area contributed by atoms with Crippen molar-refractivity contribution in [2.24, 2.45) is 5.10 Å². The van der Waals surface area contributed by atoms with Gasteiger partial charge in [-0.3, -0.25) is 0 Å². The zero-order valence-corrected chi connectivity index (χ0v) is 11.4. The van der Waals surface area contributed by atoms with Crippen molar-refractivity contribution in [2.75, 3.05) is 26.2 Å². The van der Waals surface area contributed by atoms with E-state index in [4.69, 9.17) is 9.15 Å². The molecule has 6 nitrogen and oxygen atoms in total. The Morgan fingerprint density at radius 2 is 2.20 bits per heavy atom. The maximum Gasteiger partial charge on any atom is 0.430 e. The van der Waals surface area contributed by atoms with Gasteiger partial charge < -0.3 is 14.1 Å². The maximum absolute atomic E-state index is 11.7. The van der Waals surface area contributed by atoms with Crippen LogP contribution in [0.25, 0.3) is 0 Å². The molecular weight excluding hydrogens is 258 g/mol. The molecule has 1 unspecified atom stereocenters. The van der Waals surface area contributed by atoms with Crippen molar-refractivity contribution in [3.63, 3.8) is 0 Å². The zero-order valence-electron chi connectivity index (χ0n) is 11.4.